The zero-order valence-electron chi connectivity index (χ0n) is 18.7. The molecule has 0 bridgehead atoms. The highest BCUT2D eigenvalue weighted by Gasteiger charge is 2.33. The molecule has 4 aromatic rings. The Morgan fingerprint density at radius 2 is 1.91 bits per heavy atom. The van der Waals surface area contributed by atoms with E-state index in [0.29, 0.717) is 0 Å². The number of rotatable bonds is 4. The number of H-pyrrole nitrogens is 1. The molecule has 1 aromatic heterocycles. The summed E-state index contributed by atoms with van der Waals surface area (Å²) in [5.41, 5.74) is 7.29. The number of amides is 1. The van der Waals surface area contributed by atoms with E-state index in [2.05, 4.69) is 61.5 Å². The lowest BCUT2D eigenvalue weighted by Crippen LogP contribution is -2.31. The molecule has 3 aromatic carbocycles. The van der Waals surface area contributed by atoms with E-state index >= 15 is 0 Å². The summed E-state index contributed by atoms with van der Waals surface area (Å²) in [6, 6.07) is 20.6. The number of hydrogen-bond donors (Lipinski definition) is 1. The summed E-state index contributed by atoms with van der Waals surface area (Å²) in [7, 11) is 0. The first-order chi connectivity index (χ1) is 15.5. The molecule has 1 N–H and O–H groups in total. The number of carbonyl (C=O) groups is 1. The Bertz CT molecular complexity index is 1310. The van der Waals surface area contributed by atoms with Crippen LogP contribution in [0.25, 0.3) is 22.2 Å². The second-order valence-electron chi connectivity index (χ2n) is 8.51. The minimum atomic E-state index is -0.0274. The van der Waals surface area contributed by atoms with Gasteiger partial charge in [0.2, 0.25) is 0 Å². The molecule has 0 radical (unpaired) electrons. The molecular formula is C27H27N3OS. The summed E-state index contributed by atoms with van der Waals surface area (Å²) in [6.45, 7) is 4.97. The third kappa shape index (κ3) is 3.71. The number of aromatic nitrogens is 2. The van der Waals surface area contributed by atoms with Crippen LogP contribution in [0.1, 0.15) is 46.2 Å². The van der Waals surface area contributed by atoms with Gasteiger partial charge in [-0.3, -0.25) is 4.79 Å². The normalized spacial score (nSPS) is 16.1. The number of nitrogens with one attached hydrogen (secondary N) is 1. The van der Waals surface area contributed by atoms with Crippen LogP contribution in [0.2, 0.25) is 0 Å². The Kier molecular flexibility index (Phi) is 5.51. The predicted octanol–water partition coefficient (Wildman–Crippen LogP) is 6.55. The zero-order chi connectivity index (χ0) is 22.2. The minimum Gasteiger partial charge on any atom is -0.340 e. The van der Waals surface area contributed by atoms with Gasteiger partial charge in [-0.05, 0) is 79.5 Å². The highest BCUT2D eigenvalue weighted by atomic mass is 32.2. The molecule has 1 fully saturated rings. The van der Waals surface area contributed by atoms with Crippen LogP contribution in [0.3, 0.4) is 0 Å². The highest BCUT2D eigenvalue weighted by molar-refractivity contribution is 7.98. The van der Waals surface area contributed by atoms with E-state index in [1.807, 2.05) is 29.2 Å². The van der Waals surface area contributed by atoms with Crippen LogP contribution in [0, 0.1) is 13.8 Å². The van der Waals surface area contributed by atoms with E-state index in [1.54, 1.807) is 11.8 Å². The molecule has 1 saturated heterocycles. The quantitative estimate of drug-likeness (QED) is 0.366. The van der Waals surface area contributed by atoms with E-state index in [-0.39, 0.29) is 11.9 Å². The van der Waals surface area contributed by atoms with Crippen LogP contribution >= 0.6 is 11.8 Å². The molecule has 2 heterocycles. The SMILES string of the molecule is CSc1ccc2nc(C3CCCN3C(=O)c3ccccc3-c3ccc(C)c(C)c3)[nH]c2c1. The summed E-state index contributed by atoms with van der Waals surface area (Å²) < 4.78 is 0. The van der Waals surface area contributed by atoms with Gasteiger partial charge in [0.1, 0.15) is 5.82 Å². The third-order valence-electron chi connectivity index (χ3n) is 6.51. The molecule has 162 valence electrons. The summed E-state index contributed by atoms with van der Waals surface area (Å²) in [6.07, 6.45) is 3.98. The Morgan fingerprint density at radius 3 is 2.72 bits per heavy atom. The highest BCUT2D eigenvalue weighted by Crippen LogP contribution is 2.35. The number of thioether (sulfide) groups is 1. The number of likely N-dealkylation sites (tertiary alicyclic amines) is 1. The average molecular weight is 442 g/mol. The maximum Gasteiger partial charge on any atom is 0.255 e. The van der Waals surface area contributed by atoms with Crippen molar-refractivity contribution < 1.29 is 4.79 Å². The Hall–Kier alpha value is -3.05. The molecule has 5 rings (SSSR count). The van der Waals surface area contributed by atoms with E-state index in [0.717, 1.165) is 52.9 Å². The predicted molar refractivity (Wildman–Crippen MR) is 132 cm³/mol. The average Bonchev–Trinajstić information content (AvgIpc) is 3.46. The van der Waals surface area contributed by atoms with Gasteiger partial charge < -0.3 is 9.88 Å². The minimum absolute atomic E-state index is 0.0274. The monoisotopic (exact) mass is 441 g/mol. The molecule has 1 amide bonds. The lowest BCUT2D eigenvalue weighted by atomic mass is 9.96. The van der Waals surface area contributed by atoms with Crippen LogP contribution in [0.4, 0.5) is 0 Å². The van der Waals surface area contributed by atoms with E-state index in [9.17, 15) is 4.79 Å². The second kappa shape index (κ2) is 8.47. The number of nitrogens with zero attached hydrogens (tertiary/aromatic N) is 2. The lowest BCUT2D eigenvalue weighted by molar-refractivity contribution is 0.0731. The summed E-state index contributed by atoms with van der Waals surface area (Å²) in [5, 5.41) is 0. The van der Waals surface area contributed by atoms with Crippen LogP contribution in [-0.4, -0.2) is 33.6 Å². The Balaban J connectivity index is 1.50. The number of fused-ring (bicyclic) bond motifs is 1. The lowest BCUT2D eigenvalue weighted by Gasteiger charge is -2.24. The van der Waals surface area contributed by atoms with Gasteiger partial charge in [0, 0.05) is 17.0 Å². The topological polar surface area (TPSA) is 49.0 Å². The number of aromatic amines is 1. The first-order valence-corrected chi connectivity index (χ1v) is 12.3. The summed E-state index contributed by atoms with van der Waals surface area (Å²) in [5.74, 6) is 0.958. The number of imidazole rings is 1. The molecule has 1 unspecified atom stereocenters. The van der Waals surface area contributed by atoms with Crippen molar-refractivity contribution in [2.24, 2.45) is 0 Å². The standard InChI is InChI=1S/C27H27N3OS/c1-17-10-11-19(15-18(17)2)21-7-4-5-8-22(21)27(31)30-14-6-9-25(30)26-28-23-13-12-20(32-3)16-24(23)29-26/h4-5,7-8,10-13,15-16,25H,6,9,14H2,1-3H3,(H,28,29). The van der Waals surface area contributed by atoms with Gasteiger partial charge in [-0.15, -0.1) is 11.8 Å². The van der Waals surface area contributed by atoms with Crippen LogP contribution in [0.5, 0.6) is 0 Å². The Labute approximate surface area is 193 Å². The first kappa shape index (κ1) is 20.8. The van der Waals surface area contributed by atoms with E-state index < -0.39 is 0 Å². The molecule has 0 saturated carbocycles. The smallest absolute Gasteiger partial charge is 0.255 e. The van der Waals surface area contributed by atoms with Gasteiger partial charge in [-0.2, -0.15) is 0 Å². The number of carbonyl (C=O) groups excluding carboxylic acids is 1. The van der Waals surface area contributed by atoms with Gasteiger partial charge in [0.25, 0.3) is 5.91 Å². The zero-order valence-corrected chi connectivity index (χ0v) is 19.5. The van der Waals surface area contributed by atoms with Crippen molar-refractivity contribution in [3.63, 3.8) is 0 Å². The number of hydrogen-bond acceptors (Lipinski definition) is 3. The maximum absolute atomic E-state index is 13.8. The molecule has 32 heavy (non-hydrogen) atoms. The molecule has 0 aliphatic carbocycles. The van der Waals surface area contributed by atoms with Crippen molar-refractivity contribution in [3.8, 4) is 11.1 Å². The molecule has 0 spiro atoms. The van der Waals surface area contributed by atoms with Crippen molar-refractivity contribution in [1.82, 2.24) is 14.9 Å². The van der Waals surface area contributed by atoms with Gasteiger partial charge in [-0.25, -0.2) is 4.98 Å². The van der Waals surface area contributed by atoms with Crippen molar-refractivity contribution in [2.45, 2.75) is 37.6 Å². The van der Waals surface area contributed by atoms with Crippen LogP contribution in [-0.2, 0) is 0 Å². The van der Waals surface area contributed by atoms with Crippen molar-refractivity contribution >= 4 is 28.7 Å². The summed E-state index contributed by atoms with van der Waals surface area (Å²) >= 11 is 1.72. The fourth-order valence-corrected chi connectivity index (χ4v) is 5.01. The molecule has 1 aliphatic rings. The van der Waals surface area contributed by atoms with Gasteiger partial charge in [-0.1, -0.05) is 36.4 Å². The van der Waals surface area contributed by atoms with E-state index in [1.165, 1.54) is 16.0 Å². The number of aryl methyl sites for hydroxylation is 2. The van der Waals surface area contributed by atoms with Crippen molar-refractivity contribution in [2.75, 3.05) is 12.8 Å². The van der Waals surface area contributed by atoms with E-state index in [4.69, 9.17) is 4.98 Å². The fourth-order valence-electron chi connectivity index (χ4n) is 4.57. The maximum atomic E-state index is 13.8. The molecule has 1 aliphatic heterocycles. The summed E-state index contributed by atoms with van der Waals surface area (Å²) in [4.78, 5) is 25.3. The number of benzene rings is 3. The molecular weight excluding hydrogens is 414 g/mol. The molecule has 1 atom stereocenters. The van der Waals surface area contributed by atoms with Gasteiger partial charge in [0.15, 0.2) is 0 Å². The van der Waals surface area contributed by atoms with Crippen LogP contribution < -0.4 is 0 Å². The Morgan fingerprint density at radius 1 is 1.06 bits per heavy atom. The van der Waals surface area contributed by atoms with Crippen molar-refractivity contribution in [3.05, 3.63) is 83.2 Å². The molecule has 4 nitrogen and oxygen atoms in total. The second-order valence-corrected chi connectivity index (χ2v) is 9.39. The van der Waals surface area contributed by atoms with Gasteiger partial charge in [0.05, 0.1) is 17.1 Å². The van der Waals surface area contributed by atoms with Crippen molar-refractivity contribution in [1.29, 1.82) is 0 Å². The molecule has 5 heteroatoms. The first-order valence-electron chi connectivity index (χ1n) is 11.1. The third-order valence-corrected chi connectivity index (χ3v) is 7.24. The van der Waals surface area contributed by atoms with Gasteiger partial charge >= 0.3 is 0 Å². The van der Waals surface area contributed by atoms with Crippen LogP contribution in [0.15, 0.2) is 65.6 Å². The fraction of sp³-hybridized carbons (Fsp3) is 0.259. The largest absolute Gasteiger partial charge is 0.340 e.